The molecule has 0 aliphatic rings. The average Bonchev–Trinajstić information content (AvgIpc) is 2.69. The van der Waals surface area contributed by atoms with Crippen molar-refractivity contribution in [2.75, 3.05) is 5.43 Å². The van der Waals surface area contributed by atoms with Crippen molar-refractivity contribution in [3.63, 3.8) is 0 Å². The summed E-state index contributed by atoms with van der Waals surface area (Å²) in [4.78, 5) is 3.86. The van der Waals surface area contributed by atoms with Crippen molar-refractivity contribution < 1.29 is 8.42 Å². The van der Waals surface area contributed by atoms with Crippen LogP contribution in [-0.4, -0.2) is 17.7 Å². The highest BCUT2D eigenvalue weighted by Gasteiger charge is 2.29. The van der Waals surface area contributed by atoms with Gasteiger partial charge in [0.15, 0.2) is 0 Å². The maximum absolute atomic E-state index is 13.4. The van der Waals surface area contributed by atoms with E-state index in [2.05, 4.69) is 10.4 Å². The summed E-state index contributed by atoms with van der Waals surface area (Å²) >= 11 is 6.07. The van der Waals surface area contributed by atoms with Crippen LogP contribution in [0.25, 0.3) is 0 Å². The number of benzene rings is 2. The van der Waals surface area contributed by atoms with Crippen molar-refractivity contribution >= 4 is 27.3 Å². The second-order valence-electron chi connectivity index (χ2n) is 5.88. The van der Waals surface area contributed by atoms with Crippen molar-refractivity contribution in [2.24, 2.45) is 5.84 Å². The van der Waals surface area contributed by atoms with Crippen LogP contribution in [-0.2, 0) is 23.1 Å². The summed E-state index contributed by atoms with van der Waals surface area (Å²) < 4.78 is 28.2. The van der Waals surface area contributed by atoms with E-state index in [1.54, 1.807) is 0 Å². The van der Waals surface area contributed by atoms with Crippen LogP contribution in [0.15, 0.2) is 78.0 Å². The third kappa shape index (κ3) is 4.45. The van der Waals surface area contributed by atoms with E-state index in [4.69, 9.17) is 17.4 Å². The zero-order valence-corrected chi connectivity index (χ0v) is 16.0. The Morgan fingerprint density at radius 3 is 1.93 bits per heavy atom. The Bertz CT molecular complexity index is 957. The van der Waals surface area contributed by atoms with E-state index < -0.39 is 10.0 Å². The molecule has 8 heteroatoms. The first-order valence-corrected chi connectivity index (χ1v) is 10.0. The van der Waals surface area contributed by atoms with Gasteiger partial charge in [0, 0.05) is 25.5 Å². The number of hydrogen-bond acceptors (Lipinski definition) is 5. The first-order valence-electron chi connectivity index (χ1n) is 8.20. The highest BCUT2D eigenvalue weighted by molar-refractivity contribution is 7.89. The summed E-state index contributed by atoms with van der Waals surface area (Å²) in [7, 11) is -3.92. The number of anilines is 1. The van der Waals surface area contributed by atoms with Crippen molar-refractivity contribution in [3.05, 3.63) is 89.2 Å². The summed E-state index contributed by atoms with van der Waals surface area (Å²) in [5, 5.41) is 0.137. The molecule has 0 amide bonds. The standard InChI is InChI=1S/C19H19ClN4O2S/c20-17-11-22-12-18(19(17)23-21)27(25,26)24(13-15-7-3-1-4-8-15)14-16-9-5-2-6-10-16/h1-12H,13-14,21H2,(H,22,23). The predicted octanol–water partition coefficient (Wildman–Crippen LogP) is 3.41. The zero-order valence-electron chi connectivity index (χ0n) is 14.4. The van der Waals surface area contributed by atoms with Gasteiger partial charge in [0.2, 0.25) is 10.0 Å². The van der Waals surface area contributed by atoms with Crippen LogP contribution < -0.4 is 11.3 Å². The minimum Gasteiger partial charge on any atom is -0.321 e. The summed E-state index contributed by atoms with van der Waals surface area (Å²) in [5.41, 5.74) is 4.24. The molecule has 0 bridgehead atoms. The van der Waals surface area contributed by atoms with Gasteiger partial charge in [-0.05, 0) is 11.1 Å². The van der Waals surface area contributed by atoms with Gasteiger partial charge in [-0.25, -0.2) is 8.42 Å². The van der Waals surface area contributed by atoms with Gasteiger partial charge in [0.1, 0.15) is 4.90 Å². The van der Waals surface area contributed by atoms with Gasteiger partial charge in [-0.3, -0.25) is 10.8 Å². The van der Waals surface area contributed by atoms with Crippen molar-refractivity contribution in [3.8, 4) is 0 Å². The van der Waals surface area contributed by atoms with Gasteiger partial charge in [-0.15, -0.1) is 0 Å². The highest BCUT2D eigenvalue weighted by atomic mass is 35.5. The molecule has 2 aromatic carbocycles. The number of nitrogens with two attached hydrogens (primary N) is 1. The molecule has 0 atom stereocenters. The molecule has 140 valence electrons. The van der Waals surface area contributed by atoms with E-state index in [9.17, 15) is 8.42 Å². The van der Waals surface area contributed by atoms with Gasteiger partial charge >= 0.3 is 0 Å². The largest absolute Gasteiger partial charge is 0.321 e. The minimum atomic E-state index is -3.92. The van der Waals surface area contributed by atoms with Crippen LogP contribution in [0, 0.1) is 0 Å². The number of hydrazine groups is 1. The molecular formula is C19H19ClN4O2S. The number of aromatic nitrogens is 1. The Labute approximate surface area is 163 Å². The Hall–Kier alpha value is -2.45. The van der Waals surface area contributed by atoms with Gasteiger partial charge in [0.05, 0.1) is 10.7 Å². The van der Waals surface area contributed by atoms with Gasteiger partial charge in [-0.2, -0.15) is 4.31 Å². The van der Waals surface area contributed by atoms with Crippen molar-refractivity contribution in [1.29, 1.82) is 0 Å². The molecule has 3 rings (SSSR count). The number of nitrogens with zero attached hydrogens (tertiary/aromatic N) is 2. The van der Waals surface area contributed by atoms with E-state index in [1.165, 1.54) is 16.7 Å². The van der Waals surface area contributed by atoms with Crippen LogP contribution in [0.5, 0.6) is 0 Å². The third-order valence-corrected chi connectivity index (χ3v) is 6.12. The lowest BCUT2D eigenvalue weighted by Crippen LogP contribution is -2.31. The molecule has 0 saturated carbocycles. The molecule has 3 aromatic rings. The fourth-order valence-electron chi connectivity index (χ4n) is 2.69. The quantitative estimate of drug-likeness (QED) is 0.467. The molecule has 0 aliphatic carbocycles. The van der Waals surface area contributed by atoms with E-state index in [0.29, 0.717) is 0 Å². The minimum absolute atomic E-state index is 0.0654. The second-order valence-corrected chi connectivity index (χ2v) is 8.20. The number of nitrogen functional groups attached to an aromatic ring is 1. The van der Waals surface area contributed by atoms with Crippen molar-refractivity contribution in [1.82, 2.24) is 9.29 Å². The number of sulfonamides is 1. The lowest BCUT2D eigenvalue weighted by molar-refractivity contribution is 0.401. The highest BCUT2D eigenvalue weighted by Crippen LogP contribution is 2.31. The lowest BCUT2D eigenvalue weighted by atomic mass is 10.2. The first-order chi connectivity index (χ1) is 13.0. The van der Waals surface area contributed by atoms with Crippen LogP contribution in [0.2, 0.25) is 5.02 Å². The Kier molecular flexibility index (Phi) is 6.08. The third-order valence-electron chi connectivity index (χ3n) is 4.03. The van der Waals surface area contributed by atoms with Gasteiger partial charge in [-0.1, -0.05) is 72.3 Å². The summed E-state index contributed by atoms with van der Waals surface area (Å²) in [5.74, 6) is 5.51. The van der Waals surface area contributed by atoms with E-state index in [0.717, 1.165) is 11.1 Å². The van der Waals surface area contributed by atoms with Gasteiger partial charge < -0.3 is 5.43 Å². The Morgan fingerprint density at radius 2 is 1.44 bits per heavy atom. The molecule has 6 nitrogen and oxygen atoms in total. The number of pyridine rings is 1. The molecular weight excluding hydrogens is 384 g/mol. The maximum Gasteiger partial charge on any atom is 0.247 e. The SMILES string of the molecule is NNc1c(Cl)cncc1S(=O)(=O)N(Cc1ccccc1)Cc1ccccc1. The lowest BCUT2D eigenvalue weighted by Gasteiger charge is -2.24. The summed E-state index contributed by atoms with van der Waals surface area (Å²) in [6, 6.07) is 18.8. The number of hydrogen-bond donors (Lipinski definition) is 2. The molecule has 27 heavy (non-hydrogen) atoms. The summed E-state index contributed by atoms with van der Waals surface area (Å²) in [6.45, 7) is 0.406. The molecule has 0 spiro atoms. The van der Waals surface area contributed by atoms with E-state index in [-0.39, 0.29) is 28.7 Å². The van der Waals surface area contributed by atoms with E-state index >= 15 is 0 Å². The molecule has 0 unspecified atom stereocenters. The topological polar surface area (TPSA) is 88.3 Å². The average molecular weight is 403 g/mol. The monoisotopic (exact) mass is 402 g/mol. The Balaban J connectivity index is 2.04. The number of halogens is 1. The smallest absolute Gasteiger partial charge is 0.247 e. The molecule has 0 fully saturated rings. The zero-order chi connectivity index (χ0) is 19.3. The van der Waals surface area contributed by atoms with Gasteiger partial charge in [0.25, 0.3) is 0 Å². The second kappa shape index (κ2) is 8.49. The molecule has 0 aliphatic heterocycles. The van der Waals surface area contributed by atoms with Crippen LogP contribution in [0.4, 0.5) is 5.69 Å². The normalized spacial score (nSPS) is 11.5. The summed E-state index contributed by atoms with van der Waals surface area (Å²) in [6.07, 6.45) is 2.59. The first kappa shape index (κ1) is 19.3. The molecule has 0 saturated heterocycles. The predicted molar refractivity (Wildman–Crippen MR) is 106 cm³/mol. The molecule has 1 heterocycles. The van der Waals surface area contributed by atoms with Crippen molar-refractivity contribution in [2.45, 2.75) is 18.0 Å². The van der Waals surface area contributed by atoms with E-state index in [1.807, 2.05) is 60.7 Å². The maximum atomic E-state index is 13.4. The molecule has 1 aromatic heterocycles. The molecule has 0 radical (unpaired) electrons. The Morgan fingerprint density at radius 1 is 0.926 bits per heavy atom. The number of nitrogens with one attached hydrogen (secondary N) is 1. The van der Waals surface area contributed by atoms with Crippen LogP contribution >= 0.6 is 11.6 Å². The van der Waals surface area contributed by atoms with Crippen LogP contribution in [0.1, 0.15) is 11.1 Å². The fourth-order valence-corrected chi connectivity index (χ4v) is 4.50. The van der Waals surface area contributed by atoms with Crippen LogP contribution in [0.3, 0.4) is 0 Å². The fraction of sp³-hybridized carbons (Fsp3) is 0.105. The molecule has 3 N–H and O–H groups in total. The number of rotatable bonds is 7.